The van der Waals surface area contributed by atoms with E-state index in [1.165, 1.54) is 6.07 Å². The molecule has 0 amide bonds. The van der Waals surface area contributed by atoms with Crippen molar-refractivity contribution in [3.05, 3.63) is 29.6 Å². The molecule has 0 aromatic heterocycles. The molecule has 0 aliphatic rings. The van der Waals surface area contributed by atoms with Gasteiger partial charge in [0.15, 0.2) is 0 Å². The highest BCUT2D eigenvalue weighted by molar-refractivity contribution is 5.54. The van der Waals surface area contributed by atoms with Gasteiger partial charge in [-0.25, -0.2) is 4.39 Å². The molecule has 16 heavy (non-hydrogen) atoms. The Morgan fingerprint density at radius 3 is 2.69 bits per heavy atom. The number of hydrogen-bond acceptors (Lipinski definition) is 3. The fraction of sp³-hybridized carbons (Fsp3) is 0.500. The number of benzene rings is 1. The third-order valence-electron chi connectivity index (χ3n) is 2.47. The minimum atomic E-state index is -0.273. The molecule has 0 bridgehead atoms. The average Bonchev–Trinajstić information content (AvgIpc) is 2.28. The molecular formula is C12H19FN2O. The zero-order valence-electron chi connectivity index (χ0n) is 9.62. The van der Waals surface area contributed by atoms with Crippen molar-refractivity contribution in [2.24, 2.45) is 5.73 Å². The van der Waals surface area contributed by atoms with Crippen LogP contribution in [0.2, 0.25) is 0 Å². The van der Waals surface area contributed by atoms with E-state index in [-0.39, 0.29) is 12.4 Å². The maximum Gasteiger partial charge on any atom is 0.146 e. The Morgan fingerprint density at radius 2 is 2.12 bits per heavy atom. The van der Waals surface area contributed by atoms with Gasteiger partial charge in [-0.1, -0.05) is 19.1 Å². The van der Waals surface area contributed by atoms with Crippen LogP contribution in [0.1, 0.15) is 18.9 Å². The fourth-order valence-corrected chi connectivity index (χ4v) is 1.80. The molecule has 0 unspecified atom stereocenters. The zero-order valence-corrected chi connectivity index (χ0v) is 9.62. The van der Waals surface area contributed by atoms with Gasteiger partial charge in [-0.3, -0.25) is 0 Å². The summed E-state index contributed by atoms with van der Waals surface area (Å²) < 4.78 is 13.8. The van der Waals surface area contributed by atoms with E-state index >= 15 is 0 Å². The van der Waals surface area contributed by atoms with Crippen molar-refractivity contribution < 1.29 is 9.50 Å². The molecule has 0 heterocycles. The number of aliphatic hydroxyl groups is 1. The first-order chi connectivity index (χ1) is 7.74. The van der Waals surface area contributed by atoms with Crippen LogP contribution in [0.15, 0.2) is 18.2 Å². The molecule has 0 spiro atoms. The number of nitrogens with two attached hydrogens (primary N) is 1. The van der Waals surface area contributed by atoms with Crippen molar-refractivity contribution in [2.45, 2.75) is 19.9 Å². The number of rotatable bonds is 6. The van der Waals surface area contributed by atoms with Gasteiger partial charge in [-0.05, 0) is 18.1 Å². The standard InChI is InChI=1S/C12H19FN2O/c1-2-6-15(7-8-16)12-10(9-14)4-3-5-11(12)13/h3-5,16H,2,6-9,14H2,1H3. The van der Waals surface area contributed by atoms with E-state index in [9.17, 15) is 4.39 Å². The number of halogens is 1. The molecule has 0 radical (unpaired) electrons. The Kier molecular flexibility index (Phi) is 5.22. The molecule has 3 N–H and O–H groups in total. The van der Waals surface area contributed by atoms with Crippen LogP contribution in [0.3, 0.4) is 0 Å². The summed E-state index contributed by atoms with van der Waals surface area (Å²) in [5.74, 6) is -0.273. The minimum absolute atomic E-state index is 0.0122. The molecule has 0 saturated heterocycles. The van der Waals surface area contributed by atoms with Crippen LogP contribution < -0.4 is 10.6 Å². The maximum absolute atomic E-state index is 13.8. The van der Waals surface area contributed by atoms with Crippen molar-refractivity contribution >= 4 is 5.69 Å². The lowest BCUT2D eigenvalue weighted by molar-refractivity contribution is 0.301. The Balaban J connectivity index is 3.05. The Bertz CT molecular complexity index is 325. The number of hydrogen-bond donors (Lipinski definition) is 2. The van der Waals surface area contributed by atoms with Crippen molar-refractivity contribution in [1.29, 1.82) is 0 Å². The summed E-state index contributed by atoms with van der Waals surface area (Å²) in [5.41, 5.74) is 6.90. The highest BCUT2D eigenvalue weighted by atomic mass is 19.1. The third-order valence-corrected chi connectivity index (χ3v) is 2.47. The van der Waals surface area contributed by atoms with Crippen LogP contribution in [0.5, 0.6) is 0 Å². The third kappa shape index (κ3) is 2.93. The number of nitrogens with zero attached hydrogens (tertiary/aromatic N) is 1. The van der Waals surface area contributed by atoms with E-state index in [1.807, 2.05) is 17.9 Å². The smallest absolute Gasteiger partial charge is 0.146 e. The van der Waals surface area contributed by atoms with Crippen LogP contribution in [-0.2, 0) is 6.54 Å². The van der Waals surface area contributed by atoms with E-state index in [0.29, 0.717) is 25.3 Å². The van der Waals surface area contributed by atoms with Crippen LogP contribution in [-0.4, -0.2) is 24.8 Å². The Morgan fingerprint density at radius 1 is 1.38 bits per heavy atom. The number of anilines is 1. The summed E-state index contributed by atoms with van der Waals surface area (Å²) in [5, 5.41) is 8.98. The lowest BCUT2D eigenvalue weighted by Crippen LogP contribution is -2.29. The fourth-order valence-electron chi connectivity index (χ4n) is 1.80. The van der Waals surface area contributed by atoms with Gasteiger partial charge in [0.1, 0.15) is 5.82 Å². The largest absolute Gasteiger partial charge is 0.395 e. The lowest BCUT2D eigenvalue weighted by Gasteiger charge is -2.26. The molecule has 0 aliphatic carbocycles. The predicted octanol–water partition coefficient (Wildman–Crippen LogP) is 1.49. The second-order valence-corrected chi connectivity index (χ2v) is 3.66. The number of aliphatic hydroxyl groups excluding tert-OH is 1. The maximum atomic E-state index is 13.8. The topological polar surface area (TPSA) is 49.5 Å². The molecule has 0 atom stereocenters. The average molecular weight is 226 g/mol. The first-order valence-electron chi connectivity index (χ1n) is 5.57. The van der Waals surface area contributed by atoms with Crippen molar-refractivity contribution in [2.75, 3.05) is 24.6 Å². The van der Waals surface area contributed by atoms with Gasteiger partial charge in [0, 0.05) is 19.6 Å². The predicted molar refractivity (Wildman–Crippen MR) is 63.9 cm³/mol. The van der Waals surface area contributed by atoms with Crippen molar-refractivity contribution in [3.63, 3.8) is 0 Å². The molecule has 3 nitrogen and oxygen atoms in total. The summed E-state index contributed by atoms with van der Waals surface area (Å²) >= 11 is 0. The van der Waals surface area contributed by atoms with Crippen LogP contribution in [0.4, 0.5) is 10.1 Å². The van der Waals surface area contributed by atoms with E-state index in [0.717, 1.165) is 12.0 Å². The highest BCUT2D eigenvalue weighted by Gasteiger charge is 2.14. The summed E-state index contributed by atoms with van der Waals surface area (Å²) in [7, 11) is 0. The summed E-state index contributed by atoms with van der Waals surface area (Å²) in [4.78, 5) is 1.84. The Hall–Kier alpha value is -1.13. The molecule has 0 fully saturated rings. The molecule has 0 aliphatic heterocycles. The van der Waals surface area contributed by atoms with E-state index in [1.54, 1.807) is 6.07 Å². The first-order valence-corrected chi connectivity index (χ1v) is 5.57. The molecular weight excluding hydrogens is 207 g/mol. The molecule has 0 saturated carbocycles. The minimum Gasteiger partial charge on any atom is -0.395 e. The zero-order chi connectivity index (χ0) is 12.0. The second kappa shape index (κ2) is 6.45. The van der Waals surface area contributed by atoms with Crippen molar-refractivity contribution in [1.82, 2.24) is 0 Å². The van der Waals surface area contributed by atoms with Gasteiger partial charge in [-0.15, -0.1) is 0 Å². The van der Waals surface area contributed by atoms with Gasteiger partial charge in [0.2, 0.25) is 0 Å². The summed E-state index contributed by atoms with van der Waals surface area (Å²) in [6.07, 6.45) is 0.901. The summed E-state index contributed by atoms with van der Waals surface area (Å²) in [6, 6.07) is 4.90. The van der Waals surface area contributed by atoms with Gasteiger partial charge in [0.05, 0.1) is 12.3 Å². The van der Waals surface area contributed by atoms with E-state index < -0.39 is 0 Å². The van der Waals surface area contributed by atoms with Crippen LogP contribution in [0.25, 0.3) is 0 Å². The monoisotopic (exact) mass is 226 g/mol. The highest BCUT2D eigenvalue weighted by Crippen LogP contribution is 2.24. The summed E-state index contributed by atoms with van der Waals surface area (Å²) in [6.45, 7) is 3.49. The molecule has 4 heteroatoms. The first kappa shape index (κ1) is 12.9. The van der Waals surface area contributed by atoms with Gasteiger partial charge >= 0.3 is 0 Å². The molecule has 90 valence electrons. The number of para-hydroxylation sites is 1. The second-order valence-electron chi connectivity index (χ2n) is 3.66. The van der Waals surface area contributed by atoms with E-state index in [2.05, 4.69) is 0 Å². The molecule has 1 aromatic carbocycles. The quantitative estimate of drug-likeness (QED) is 0.772. The van der Waals surface area contributed by atoms with Gasteiger partial charge in [-0.2, -0.15) is 0 Å². The molecule has 1 aromatic rings. The molecule has 1 rings (SSSR count). The van der Waals surface area contributed by atoms with Gasteiger partial charge < -0.3 is 15.7 Å². The lowest BCUT2D eigenvalue weighted by atomic mass is 10.1. The van der Waals surface area contributed by atoms with E-state index in [4.69, 9.17) is 10.8 Å². The normalized spacial score (nSPS) is 10.5. The Labute approximate surface area is 95.7 Å². The van der Waals surface area contributed by atoms with Crippen molar-refractivity contribution in [3.8, 4) is 0 Å². The van der Waals surface area contributed by atoms with Crippen LogP contribution >= 0.6 is 0 Å². The van der Waals surface area contributed by atoms with Crippen LogP contribution in [0, 0.1) is 5.82 Å². The van der Waals surface area contributed by atoms with Gasteiger partial charge in [0.25, 0.3) is 0 Å². The SMILES string of the molecule is CCCN(CCO)c1c(F)cccc1CN.